The largest absolute Gasteiger partial charge is 0.348 e. The molecule has 0 aliphatic carbocycles. The number of alkyl halides is 1. The summed E-state index contributed by atoms with van der Waals surface area (Å²) in [5, 5.41) is 3.28. The van der Waals surface area contributed by atoms with Crippen molar-refractivity contribution in [2.45, 2.75) is 18.8 Å². The van der Waals surface area contributed by atoms with E-state index in [0.717, 1.165) is 22.5 Å². The van der Waals surface area contributed by atoms with E-state index in [1.54, 1.807) is 0 Å². The molecule has 0 fully saturated rings. The zero-order valence-corrected chi connectivity index (χ0v) is 13.0. The van der Waals surface area contributed by atoms with Crippen molar-refractivity contribution in [2.24, 2.45) is 0 Å². The van der Waals surface area contributed by atoms with Gasteiger partial charge in [-0.2, -0.15) is 0 Å². The highest BCUT2D eigenvalue weighted by molar-refractivity contribution is 9.08. The van der Waals surface area contributed by atoms with Crippen molar-refractivity contribution in [3.05, 3.63) is 70.3 Å². The first kappa shape index (κ1) is 15.6. The van der Waals surface area contributed by atoms with Crippen LogP contribution < -0.4 is 5.32 Å². The molecule has 1 N–H and O–H groups in total. The van der Waals surface area contributed by atoms with Gasteiger partial charge in [0.2, 0.25) is 0 Å². The van der Waals surface area contributed by atoms with Crippen molar-refractivity contribution in [2.75, 3.05) is 0 Å². The predicted molar refractivity (Wildman–Crippen MR) is 81.3 cm³/mol. The van der Waals surface area contributed by atoms with Crippen molar-refractivity contribution < 1.29 is 13.6 Å². The van der Waals surface area contributed by atoms with Crippen LogP contribution >= 0.6 is 15.9 Å². The maximum atomic E-state index is 13.8. The number of carbonyl (C=O) groups excluding carboxylic acids is 1. The average Bonchev–Trinajstić information content (AvgIpc) is 2.50. The zero-order valence-electron chi connectivity index (χ0n) is 11.4. The number of amides is 1. The van der Waals surface area contributed by atoms with Gasteiger partial charge < -0.3 is 5.32 Å². The molecule has 0 heterocycles. The highest BCUT2D eigenvalue weighted by Crippen LogP contribution is 2.16. The molecule has 1 amide bonds. The molecule has 2 aromatic rings. The molecular formula is C16H14BrF2NO. The van der Waals surface area contributed by atoms with E-state index < -0.39 is 23.1 Å². The van der Waals surface area contributed by atoms with Crippen LogP contribution in [0, 0.1) is 18.6 Å². The van der Waals surface area contributed by atoms with Gasteiger partial charge in [-0.25, -0.2) is 8.78 Å². The Morgan fingerprint density at radius 1 is 1.10 bits per heavy atom. The Kier molecular flexibility index (Phi) is 5.07. The molecule has 0 bridgehead atoms. The molecule has 5 heteroatoms. The number of carbonyl (C=O) groups is 1. The summed E-state index contributed by atoms with van der Waals surface area (Å²) in [4.78, 5) is 11.9. The number of halogens is 3. The molecule has 0 aliphatic rings. The molecule has 110 valence electrons. The lowest BCUT2D eigenvalue weighted by atomic mass is 10.1. The van der Waals surface area contributed by atoms with Crippen LogP contribution in [0.4, 0.5) is 8.78 Å². The molecule has 2 rings (SSSR count). The Morgan fingerprint density at radius 3 is 2.33 bits per heavy atom. The minimum Gasteiger partial charge on any atom is -0.348 e. The molecule has 0 unspecified atom stereocenters. The van der Waals surface area contributed by atoms with E-state index >= 15 is 0 Å². The Hall–Kier alpha value is -1.75. The number of nitrogens with one attached hydrogen (secondary N) is 1. The monoisotopic (exact) mass is 353 g/mol. The summed E-state index contributed by atoms with van der Waals surface area (Å²) < 4.78 is 27.4. The van der Waals surface area contributed by atoms with Crippen LogP contribution in [-0.4, -0.2) is 5.91 Å². The second kappa shape index (κ2) is 6.80. The van der Waals surface area contributed by atoms with E-state index in [4.69, 9.17) is 0 Å². The van der Waals surface area contributed by atoms with Crippen LogP contribution in [0.1, 0.15) is 27.0 Å². The molecule has 0 saturated heterocycles. The van der Waals surface area contributed by atoms with Gasteiger partial charge in [0, 0.05) is 11.9 Å². The van der Waals surface area contributed by atoms with Crippen LogP contribution in [0.3, 0.4) is 0 Å². The van der Waals surface area contributed by atoms with E-state index in [0.29, 0.717) is 0 Å². The highest BCUT2D eigenvalue weighted by Gasteiger charge is 2.18. The van der Waals surface area contributed by atoms with Gasteiger partial charge in [0.05, 0.1) is 0 Å². The van der Waals surface area contributed by atoms with E-state index in [1.165, 1.54) is 13.0 Å². The number of aryl methyl sites for hydroxylation is 1. The molecule has 2 aromatic carbocycles. The topological polar surface area (TPSA) is 29.1 Å². The summed E-state index contributed by atoms with van der Waals surface area (Å²) in [6, 6.07) is 9.96. The first-order chi connectivity index (χ1) is 10.0. The van der Waals surface area contributed by atoms with Crippen LogP contribution in [0.2, 0.25) is 0 Å². The summed E-state index contributed by atoms with van der Waals surface area (Å²) in [5.41, 5.74) is 1.68. The minimum atomic E-state index is -0.856. The van der Waals surface area contributed by atoms with Crippen LogP contribution in [-0.2, 0) is 11.9 Å². The molecule has 0 radical (unpaired) electrons. The third kappa shape index (κ3) is 3.67. The average molecular weight is 354 g/mol. The van der Waals surface area contributed by atoms with Crippen LogP contribution in [0.5, 0.6) is 0 Å². The second-order valence-electron chi connectivity index (χ2n) is 4.69. The lowest BCUT2D eigenvalue weighted by Gasteiger charge is -2.09. The predicted octanol–water partition coefficient (Wildman–Crippen LogP) is 4.10. The maximum absolute atomic E-state index is 13.8. The summed E-state index contributed by atoms with van der Waals surface area (Å²) in [7, 11) is 0. The number of hydrogen-bond donors (Lipinski definition) is 1. The molecule has 0 aromatic heterocycles. The van der Waals surface area contributed by atoms with Crippen molar-refractivity contribution in [3.8, 4) is 0 Å². The Morgan fingerprint density at radius 2 is 1.71 bits per heavy atom. The quantitative estimate of drug-likeness (QED) is 0.823. The first-order valence-electron chi connectivity index (χ1n) is 6.39. The van der Waals surface area contributed by atoms with Gasteiger partial charge >= 0.3 is 0 Å². The fraction of sp³-hybridized carbons (Fsp3) is 0.188. The Balaban J connectivity index is 2.10. The lowest BCUT2D eigenvalue weighted by Crippen LogP contribution is -2.25. The van der Waals surface area contributed by atoms with Crippen LogP contribution in [0.25, 0.3) is 0 Å². The summed E-state index contributed by atoms with van der Waals surface area (Å²) >= 11 is 3.34. The number of rotatable bonds is 4. The fourth-order valence-electron chi connectivity index (χ4n) is 1.88. The number of hydrogen-bond acceptors (Lipinski definition) is 1. The molecular weight excluding hydrogens is 340 g/mol. The van der Waals surface area contributed by atoms with Crippen molar-refractivity contribution in [3.63, 3.8) is 0 Å². The normalized spacial score (nSPS) is 10.5. The summed E-state index contributed by atoms with van der Waals surface area (Å²) in [5.74, 6) is -2.43. The first-order valence-corrected chi connectivity index (χ1v) is 7.51. The highest BCUT2D eigenvalue weighted by atomic mass is 79.9. The maximum Gasteiger partial charge on any atom is 0.257 e. The molecule has 2 nitrogen and oxygen atoms in total. The van der Waals surface area contributed by atoms with E-state index in [9.17, 15) is 13.6 Å². The SMILES string of the molecule is Cc1ccc(F)c(C(=O)NCc2ccc(CBr)cc2)c1F. The summed E-state index contributed by atoms with van der Waals surface area (Å²) in [6.45, 7) is 1.71. The van der Waals surface area contributed by atoms with E-state index in [2.05, 4.69) is 21.2 Å². The molecule has 0 aliphatic heterocycles. The minimum absolute atomic E-state index is 0.216. The zero-order chi connectivity index (χ0) is 15.4. The van der Waals surface area contributed by atoms with Gasteiger partial charge in [-0.15, -0.1) is 0 Å². The standard InChI is InChI=1S/C16H14BrF2NO/c1-10-2-7-13(18)14(15(10)19)16(21)20-9-12-5-3-11(8-17)4-6-12/h2-7H,8-9H2,1H3,(H,20,21). The third-order valence-electron chi connectivity index (χ3n) is 3.14. The number of benzene rings is 2. The van der Waals surface area contributed by atoms with Gasteiger partial charge in [0.1, 0.15) is 17.2 Å². The fourth-order valence-corrected chi connectivity index (χ4v) is 2.26. The van der Waals surface area contributed by atoms with Gasteiger partial charge in [0.15, 0.2) is 0 Å². The van der Waals surface area contributed by atoms with E-state index in [-0.39, 0.29) is 12.1 Å². The smallest absolute Gasteiger partial charge is 0.257 e. The Bertz CT molecular complexity index is 656. The van der Waals surface area contributed by atoms with Crippen molar-refractivity contribution >= 4 is 21.8 Å². The van der Waals surface area contributed by atoms with Gasteiger partial charge in [0.25, 0.3) is 5.91 Å². The Labute approximate surface area is 130 Å². The third-order valence-corrected chi connectivity index (χ3v) is 3.79. The van der Waals surface area contributed by atoms with Gasteiger partial charge in [-0.1, -0.05) is 46.3 Å². The molecule has 21 heavy (non-hydrogen) atoms. The van der Waals surface area contributed by atoms with Crippen molar-refractivity contribution in [1.29, 1.82) is 0 Å². The molecule has 0 atom stereocenters. The van der Waals surface area contributed by atoms with Gasteiger partial charge in [-0.3, -0.25) is 4.79 Å². The van der Waals surface area contributed by atoms with Crippen molar-refractivity contribution in [1.82, 2.24) is 5.32 Å². The molecule has 0 spiro atoms. The summed E-state index contributed by atoms with van der Waals surface area (Å²) in [6.07, 6.45) is 0. The lowest BCUT2D eigenvalue weighted by molar-refractivity contribution is 0.0942. The molecule has 0 saturated carbocycles. The second-order valence-corrected chi connectivity index (χ2v) is 5.25. The van der Waals surface area contributed by atoms with Crippen LogP contribution in [0.15, 0.2) is 36.4 Å². The van der Waals surface area contributed by atoms with E-state index in [1.807, 2.05) is 24.3 Å². The van der Waals surface area contributed by atoms with Gasteiger partial charge in [-0.05, 0) is 29.7 Å².